The predicted octanol–water partition coefficient (Wildman–Crippen LogP) is 18.7. The standard InChI is InChI=1S/C27H31Cl2N7O2S.C27H31Cl2N7O.2C26H27Cl2N9/c1-17(22-5-4-20(28)11-23(22)29)36-27-26(24(12-30)33-36)31-13-25(32-27)35-15-19(16-35)18-3-2-8-34(14-18)21-6-9-39(37,38)10-7-21;1-17(22-5-4-20(28)11-23(22)29)36-27-26(24(12-30)33-36)31-13-25(32-27)35-15-19(16-35)18-3-2-8-34(14-18)21-6-9-37-10-7-21;1-16(21-5-4-19(27)9-22(21)28)37-26-25(23(10-29)34-37)30-11-24(32-26)36-13-18(14-36)17-3-2-8-35(12-17)15-20-6-7-31-33-20;1-16(21-5-4-19(27)7-22(21)28)37-26-25(23(8-29)34-37)31-10-24(33-26)36-12-18(13-36)17-3-2-6-35(11-17)14-20-9-30-15-32-20/h4-5,11,13,17-19,21H,2-3,6-10,14-16H2,1H3;4-5,11,13,17-19,21H,2-3,6-10,14-16H2,1H3;4-7,9,11,16-18H,2-3,8,12-15H2,1H3,(H,31,33);4-5,7,9-10,15-18H,2-3,6,11-14H2,1H3,(H,30,32). The molecule has 10 aliphatic rings. The van der Waals surface area contributed by atoms with Crippen LogP contribution in [0.1, 0.15) is 185 Å². The molecular formula is C106H116Cl8N32O3S. The number of anilines is 4. The Bertz CT molecular complexity index is 7310. The lowest BCUT2D eigenvalue weighted by atomic mass is 9.80. The minimum Gasteiger partial charge on any atom is -0.381 e. The minimum atomic E-state index is -2.84. The van der Waals surface area contributed by atoms with Crippen molar-refractivity contribution in [3.8, 4) is 24.3 Å². The highest BCUT2D eigenvalue weighted by molar-refractivity contribution is 7.91. The Kier molecular flexibility index (Phi) is 31.7. The van der Waals surface area contributed by atoms with Crippen molar-refractivity contribution in [2.75, 3.05) is 149 Å². The first kappa shape index (κ1) is 104. The highest BCUT2D eigenvalue weighted by Gasteiger charge is 2.44. The van der Waals surface area contributed by atoms with Gasteiger partial charge in [-0.05, 0) is 255 Å². The zero-order valence-corrected chi connectivity index (χ0v) is 90.6. The molecule has 44 heteroatoms. The number of piperidine rings is 4. The number of nitrogens with one attached hydrogen (secondary N) is 2. The molecule has 10 fully saturated rings. The van der Waals surface area contributed by atoms with E-state index in [1.54, 1.807) is 92.3 Å². The summed E-state index contributed by atoms with van der Waals surface area (Å²) in [7, 11) is -2.84. The lowest BCUT2D eigenvalue weighted by Crippen LogP contribution is -2.55. The first-order valence-electron chi connectivity index (χ1n) is 51.8. The lowest BCUT2D eigenvalue weighted by Gasteiger charge is -2.48. The van der Waals surface area contributed by atoms with E-state index < -0.39 is 9.84 Å². The van der Waals surface area contributed by atoms with E-state index in [0.717, 1.165) is 201 Å². The van der Waals surface area contributed by atoms with Crippen LogP contribution in [-0.2, 0) is 27.7 Å². The summed E-state index contributed by atoms with van der Waals surface area (Å²) >= 11 is 50.3. The van der Waals surface area contributed by atoms with Crippen molar-refractivity contribution in [1.29, 1.82) is 21.0 Å². The van der Waals surface area contributed by atoms with Crippen LogP contribution in [0.15, 0.2) is 122 Å². The quantitative estimate of drug-likeness (QED) is 0.0636. The number of benzene rings is 4. The molecule has 0 bridgehead atoms. The topological polar surface area (TPSA) is 396 Å². The third-order valence-corrected chi connectivity index (χ3v) is 36.4. The third kappa shape index (κ3) is 22.5. The number of hydrogen-bond donors (Lipinski definition) is 2. The van der Waals surface area contributed by atoms with Gasteiger partial charge in [-0.15, -0.1) is 0 Å². The maximum Gasteiger partial charge on any atom is 0.190 e. The summed E-state index contributed by atoms with van der Waals surface area (Å²) in [5, 5.41) is 68.4. The van der Waals surface area contributed by atoms with Gasteiger partial charge >= 0.3 is 0 Å². The first-order valence-corrected chi connectivity index (χ1v) is 56.7. The Morgan fingerprint density at radius 3 is 0.993 bits per heavy atom. The molecule has 150 heavy (non-hydrogen) atoms. The predicted molar refractivity (Wildman–Crippen MR) is 581 cm³/mol. The lowest BCUT2D eigenvalue weighted by molar-refractivity contribution is 0.00872. The number of H-pyrrole nitrogens is 2. The van der Waals surface area contributed by atoms with E-state index in [1.165, 1.54) is 69.4 Å². The van der Waals surface area contributed by atoms with Crippen molar-refractivity contribution < 1.29 is 13.2 Å². The number of aromatic nitrogens is 20. The average molecular weight is 2200 g/mol. The van der Waals surface area contributed by atoms with Crippen molar-refractivity contribution in [1.82, 2.24) is 119 Å². The van der Waals surface area contributed by atoms with Crippen molar-refractivity contribution >= 4 is 171 Å². The third-order valence-electron chi connectivity index (χ3n) is 32.4. The van der Waals surface area contributed by atoms with Gasteiger partial charge in [0.25, 0.3) is 0 Å². The van der Waals surface area contributed by atoms with Gasteiger partial charge in [0.15, 0.2) is 45.4 Å². The zero-order chi connectivity index (χ0) is 104. The van der Waals surface area contributed by atoms with E-state index >= 15 is 0 Å². The van der Waals surface area contributed by atoms with Crippen molar-refractivity contribution in [2.45, 2.75) is 154 Å². The molecule has 0 saturated carbocycles. The molecule has 24 rings (SSSR count). The fraction of sp³-hybridized carbons (Fsp3) is 0.491. The summed E-state index contributed by atoms with van der Waals surface area (Å²) < 4.78 is 36.3. The van der Waals surface area contributed by atoms with E-state index in [1.807, 2.05) is 76.5 Å². The van der Waals surface area contributed by atoms with Gasteiger partial charge in [0, 0.05) is 181 Å². The number of rotatable bonds is 22. The van der Waals surface area contributed by atoms with Gasteiger partial charge in [-0.1, -0.05) is 117 Å². The fourth-order valence-corrected chi connectivity index (χ4v) is 27.5. The number of likely N-dealkylation sites (tertiary alicyclic amines) is 4. The van der Waals surface area contributed by atoms with Gasteiger partial charge in [0.1, 0.15) is 79.5 Å². The number of imidazole rings is 1. The van der Waals surface area contributed by atoms with Crippen LogP contribution in [0.3, 0.4) is 0 Å². The monoisotopic (exact) mass is 2200 g/mol. The number of nitrogens with zero attached hydrogens (tertiary/aromatic N) is 30. The molecule has 10 saturated heterocycles. The van der Waals surface area contributed by atoms with Crippen LogP contribution in [-0.4, -0.2) is 269 Å². The molecule has 780 valence electrons. The van der Waals surface area contributed by atoms with Crippen LogP contribution in [0.5, 0.6) is 0 Å². The summed E-state index contributed by atoms with van der Waals surface area (Å²) in [6, 6.07) is 32.3. The van der Waals surface area contributed by atoms with Gasteiger partial charge in [-0.3, -0.25) is 19.8 Å². The highest BCUT2D eigenvalue weighted by atomic mass is 35.5. The van der Waals surface area contributed by atoms with Gasteiger partial charge in [0.2, 0.25) is 0 Å². The Morgan fingerprint density at radius 1 is 0.380 bits per heavy atom. The molecule has 35 nitrogen and oxygen atoms in total. The second-order valence-corrected chi connectivity index (χ2v) is 47.4. The van der Waals surface area contributed by atoms with Crippen LogP contribution in [0, 0.1) is 92.7 Å². The molecule has 4 aromatic carbocycles. The number of aromatic amines is 2. The SMILES string of the molecule is CC(c1ccc(Cl)cc1Cl)n1nc(C#N)c2ncc(N3CC(C4CCCN(C5CCOCC5)C4)C3)nc21.CC(c1ccc(Cl)cc1Cl)n1nc(C#N)c2ncc(N3CC(C4CCCN(C5CCS(=O)(=O)CC5)C4)C3)nc21.CC(c1ccc(Cl)cc1Cl)n1nc(C#N)c2ncc(N3CC(C4CCCN(Cc5ccn[nH]5)C4)C3)nc21.CC(c1ccc(Cl)cc1Cl)n1nc(C#N)c2ncc(N3CC(C4CCCN(Cc5cnc[nH]5)C4)C3)nc21. The van der Waals surface area contributed by atoms with E-state index in [0.29, 0.717) is 150 Å². The fourth-order valence-electron chi connectivity index (χ4n) is 23.7. The summed E-state index contributed by atoms with van der Waals surface area (Å²) in [6.45, 7) is 28.2. The molecular weight excluding hydrogens is 2090 g/mol. The molecule has 8 atom stereocenters. The summed E-state index contributed by atoms with van der Waals surface area (Å²) in [5.74, 6) is 9.08. The van der Waals surface area contributed by atoms with Crippen LogP contribution in [0.2, 0.25) is 40.2 Å². The first-order chi connectivity index (χ1) is 72.7. The van der Waals surface area contributed by atoms with Crippen molar-refractivity contribution in [3.05, 3.63) is 219 Å². The van der Waals surface area contributed by atoms with Gasteiger partial charge in [-0.25, -0.2) is 72.0 Å². The molecule has 2 N–H and O–H groups in total. The van der Waals surface area contributed by atoms with Crippen molar-refractivity contribution in [2.24, 2.45) is 47.3 Å². The molecule has 8 unspecified atom stereocenters. The largest absolute Gasteiger partial charge is 0.381 e. The zero-order valence-electron chi connectivity index (χ0n) is 83.7. The molecule has 0 radical (unpaired) electrons. The molecule has 0 aliphatic carbocycles. The summed E-state index contributed by atoms with van der Waals surface area (Å²) in [5.41, 5.74) is 11.1. The van der Waals surface area contributed by atoms with E-state index in [9.17, 15) is 29.5 Å². The molecule has 0 amide bonds. The smallest absolute Gasteiger partial charge is 0.190 e. The Labute approximate surface area is 910 Å². The average Bonchev–Trinajstić information content (AvgIpc) is 1.57. The maximum absolute atomic E-state index is 11.9. The minimum absolute atomic E-state index is 0.235. The Morgan fingerprint density at radius 2 is 0.693 bits per heavy atom. The van der Waals surface area contributed by atoms with Gasteiger partial charge in [-0.2, -0.15) is 46.5 Å². The Balaban J connectivity index is 0.000000117. The van der Waals surface area contributed by atoms with Crippen LogP contribution < -0.4 is 19.6 Å². The number of ether oxygens (including phenoxy) is 1. The Hall–Kier alpha value is -11.3. The number of halogens is 8. The number of nitriles is 4. The molecule has 0 spiro atoms. The van der Waals surface area contributed by atoms with E-state index in [4.69, 9.17) is 117 Å². The molecule has 10 aliphatic heterocycles. The van der Waals surface area contributed by atoms with Crippen LogP contribution in [0.25, 0.3) is 44.7 Å². The summed E-state index contributed by atoms with van der Waals surface area (Å²) in [4.78, 5) is 64.9. The van der Waals surface area contributed by atoms with Crippen LogP contribution >= 0.6 is 92.8 Å². The summed E-state index contributed by atoms with van der Waals surface area (Å²) in [6.07, 6.45) is 26.3. The molecule has 14 aromatic rings. The van der Waals surface area contributed by atoms with Gasteiger partial charge in [0.05, 0.1) is 66.8 Å². The second kappa shape index (κ2) is 45.6. The van der Waals surface area contributed by atoms with E-state index in [-0.39, 0.29) is 46.9 Å². The maximum atomic E-state index is 11.9. The van der Waals surface area contributed by atoms with Gasteiger partial charge < -0.3 is 34.2 Å². The molecule has 20 heterocycles. The number of fused-ring (bicyclic) bond motifs is 4. The number of hydrogen-bond acceptors (Lipinski definition) is 29. The number of sulfone groups is 1. The van der Waals surface area contributed by atoms with E-state index in [2.05, 4.69) is 124 Å². The van der Waals surface area contributed by atoms with Crippen molar-refractivity contribution in [3.63, 3.8) is 0 Å². The highest BCUT2D eigenvalue weighted by Crippen LogP contribution is 2.44. The second-order valence-electron chi connectivity index (χ2n) is 41.7. The normalized spacial score (nSPS) is 21.4. The van der Waals surface area contributed by atoms with Crippen LogP contribution in [0.4, 0.5) is 23.3 Å². The molecule has 10 aromatic heterocycles.